The topological polar surface area (TPSA) is 115 Å². The highest BCUT2D eigenvalue weighted by Crippen LogP contribution is 1.76. The van der Waals surface area contributed by atoms with E-state index < -0.39 is 28.6 Å². The Balaban J connectivity index is 0. The van der Waals surface area contributed by atoms with Gasteiger partial charge in [-0.25, -0.2) is 0 Å². The van der Waals surface area contributed by atoms with Crippen LogP contribution in [-0.2, 0) is 10.1 Å². The Hall–Kier alpha value is -0.210. The van der Waals surface area contributed by atoms with Gasteiger partial charge in [0.05, 0.1) is 25.1 Å². The van der Waals surface area contributed by atoms with Crippen molar-refractivity contribution in [1.29, 1.82) is 0 Å². The van der Waals surface area contributed by atoms with Gasteiger partial charge in [-0.3, -0.25) is 4.55 Å². The molecule has 0 bridgehead atoms. The zero-order valence-electron chi connectivity index (χ0n) is 6.71. The molecule has 6 nitrogen and oxygen atoms in total. The van der Waals surface area contributed by atoms with Gasteiger partial charge in [0.2, 0.25) is 0 Å². The van der Waals surface area contributed by atoms with Crippen LogP contribution in [0, 0.1) is 0 Å². The average Bonchev–Trinajstić information content (AvgIpc) is 1.86. The molecule has 76 valence electrons. The lowest BCUT2D eigenvalue weighted by atomic mass is 10.5. The van der Waals surface area contributed by atoms with E-state index in [1.54, 1.807) is 0 Å². The molecule has 0 aliphatic rings. The van der Waals surface area contributed by atoms with Crippen LogP contribution < -0.4 is 0 Å². The molecule has 1 atom stereocenters. The molecule has 0 amide bonds. The van der Waals surface area contributed by atoms with Crippen molar-refractivity contribution in [2.45, 2.75) is 13.0 Å². The summed E-state index contributed by atoms with van der Waals surface area (Å²) in [5.41, 5.74) is 0. The van der Waals surface area contributed by atoms with Crippen molar-refractivity contribution in [2.24, 2.45) is 0 Å². The van der Waals surface area contributed by atoms with Gasteiger partial charge in [-0.2, -0.15) is 8.42 Å². The fourth-order valence-electron chi connectivity index (χ4n) is 0.115. The van der Waals surface area contributed by atoms with E-state index in [1.807, 2.05) is 0 Å². The van der Waals surface area contributed by atoms with Crippen molar-refractivity contribution in [3.63, 3.8) is 0 Å². The first-order valence-corrected chi connectivity index (χ1v) is 4.79. The Labute approximate surface area is 71.2 Å². The first-order chi connectivity index (χ1) is 5.33. The maximum absolute atomic E-state index is 9.63. The summed E-state index contributed by atoms with van der Waals surface area (Å²) in [6, 6.07) is 0. The van der Waals surface area contributed by atoms with Crippen molar-refractivity contribution in [3.05, 3.63) is 0 Å². The highest BCUT2D eigenvalue weighted by atomic mass is 32.2. The largest absolute Gasteiger partial charge is 0.395 e. The normalized spacial score (nSPS) is 13.1. The Bertz CT molecular complexity index is 172. The second-order valence-electron chi connectivity index (χ2n) is 2.04. The van der Waals surface area contributed by atoms with Crippen molar-refractivity contribution in [2.75, 3.05) is 19.0 Å². The van der Waals surface area contributed by atoms with Crippen LogP contribution >= 0.6 is 0 Å². The molecule has 0 saturated heterocycles. The average molecular weight is 202 g/mol. The first-order valence-electron chi connectivity index (χ1n) is 3.18. The molecule has 0 heterocycles. The molecule has 0 saturated carbocycles. The van der Waals surface area contributed by atoms with Crippen LogP contribution in [0.15, 0.2) is 0 Å². The third kappa shape index (κ3) is 22.6. The Morgan fingerprint density at radius 1 is 1.33 bits per heavy atom. The van der Waals surface area contributed by atoms with Gasteiger partial charge >= 0.3 is 0 Å². The molecule has 0 rings (SSSR count). The molecule has 0 radical (unpaired) electrons. The molecule has 0 aliphatic heterocycles. The van der Waals surface area contributed by atoms with E-state index >= 15 is 0 Å². The molecule has 0 aromatic heterocycles. The van der Waals surface area contributed by atoms with Gasteiger partial charge in [0.25, 0.3) is 10.1 Å². The summed E-state index contributed by atoms with van der Waals surface area (Å²) < 4.78 is 27.1. The van der Waals surface area contributed by atoms with Gasteiger partial charge in [-0.1, -0.05) is 0 Å². The van der Waals surface area contributed by atoms with Gasteiger partial charge in [-0.05, 0) is 6.92 Å². The fraction of sp³-hybridized carbons (Fsp3) is 1.00. The van der Waals surface area contributed by atoms with Crippen LogP contribution in [0.25, 0.3) is 0 Å². The van der Waals surface area contributed by atoms with E-state index in [-0.39, 0.29) is 6.61 Å². The zero-order chi connectivity index (χ0) is 10.2. The summed E-state index contributed by atoms with van der Waals surface area (Å²) in [5, 5.41) is 23.9. The highest BCUT2D eigenvalue weighted by Gasteiger charge is 1.99. The van der Waals surface area contributed by atoms with E-state index in [0.29, 0.717) is 0 Å². The summed E-state index contributed by atoms with van der Waals surface area (Å²) in [7, 11) is -3.92. The molecule has 0 fully saturated rings. The molecule has 0 aliphatic carbocycles. The minimum atomic E-state index is -3.92. The van der Waals surface area contributed by atoms with Crippen molar-refractivity contribution < 1.29 is 28.3 Å². The van der Waals surface area contributed by atoms with Gasteiger partial charge in [0, 0.05) is 0 Å². The van der Waals surface area contributed by atoms with Crippen LogP contribution in [0.3, 0.4) is 0 Å². The first kappa shape index (κ1) is 14.3. The maximum Gasteiger partial charge on any atom is 0.267 e. The van der Waals surface area contributed by atoms with Crippen molar-refractivity contribution in [3.8, 4) is 0 Å². The fourth-order valence-corrected chi connectivity index (χ4v) is 0.346. The Morgan fingerprint density at radius 2 is 1.67 bits per heavy atom. The summed E-state index contributed by atoms with van der Waals surface area (Å²) >= 11 is 0. The van der Waals surface area contributed by atoms with Crippen LogP contribution in [0.2, 0.25) is 0 Å². The predicted molar refractivity (Wildman–Crippen MR) is 42.3 cm³/mol. The van der Waals surface area contributed by atoms with E-state index in [0.717, 1.165) is 0 Å². The lowest BCUT2D eigenvalue weighted by Gasteiger charge is -1.90. The quantitative estimate of drug-likeness (QED) is 0.402. The van der Waals surface area contributed by atoms with E-state index in [4.69, 9.17) is 19.9 Å². The monoisotopic (exact) mass is 202 g/mol. The number of aliphatic hydroxyl groups is 3. The van der Waals surface area contributed by atoms with Crippen LogP contribution in [0.5, 0.6) is 0 Å². The second-order valence-corrected chi connectivity index (χ2v) is 3.61. The summed E-state index contributed by atoms with van der Waals surface area (Å²) in [6.45, 7) is 0.860. The predicted octanol–water partition coefficient (Wildman–Crippen LogP) is -1.77. The lowest BCUT2D eigenvalue weighted by Crippen LogP contribution is -2.06. The standard InChI is InChI=1S/C3H8O2.C2H6O4S/c1-3(5)2-4;3-1-2-7(4,5)6/h3-5H,2H2,1H3;3H,1-2H2,(H,4,5,6). The van der Waals surface area contributed by atoms with Crippen molar-refractivity contribution in [1.82, 2.24) is 0 Å². The van der Waals surface area contributed by atoms with Gasteiger partial charge in [0.1, 0.15) is 0 Å². The Kier molecular flexibility index (Phi) is 8.88. The van der Waals surface area contributed by atoms with Gasteiger partial charge in [-0.15, -0.1) is 0 Å². The molecule has 0 spiro atoms. The van der Waals surface area contributed by atoms with E-state index in [2.05, 4.69) is 0 Å². The molecular formula is C5H14O6S. The van der Waals surface area contributed by atoms with Crippen molar-refractivity contribution >= 4 is 10.1 Å². The number of hydrogen-bond acceptors (Lipinski definition) is 5. The third-order valence-electron chi connectivity index (χ3n) is 0.613. The summed E-state index contributed by atoms with van der Waals surface area (Å²) in [4.78, 5) is 0. The number of hydrogen-bond donors (Lipinski definition) is 4. The zero-order valence-corrected chi connectivity index (χ0v) is 7.53. The minimum Gasteiger partial charge on any atom is -0.395 e. The number of aliphatic hydroxyl groups excluding tert-OH is 3. The van der Waals surface area contributed by atoms with Crippen LogP contribution in [0.4, 0.5) is 0 Å². The second kappa shape index (κ2) is 7.44. The molecule has 0 aromatic carbocycles. The Morgan fingerprint density at radius 3 is 1.67 bits per heavy atom. The van der Waals surface area contributed by atoms with Crippen LogP contribution in [0.1, 0.15) is 6.92 Å². The van der Waals surface area contributed by atoms with Gasteiger partial charge in [0.15, 0.2) is 0 Å². The van der Waals surface area contributed by atoms with Crippen LogP contribution in [-0.4, -0.2) is 53.4 Å². The SMILES string of the molecule is CC(O)CO.O=S(=O)(O)CCO. The molecule has 1 unspecified atom stereocenters. The number of rotatable bonds is 3. The smallest absolute Gasteiger partial charge is 0.267 e. The molecular weight excluding hydrogens is 188 g/mol. The molecule has 0 aromatic rings. The minimum absolute atomic E-state index is 0.139. The van der Waals surface area contributed by atoms with E-state index in [1.165, 1.54) is 6.92 Å². The maximum atomic E-state index is 9.63. The van der Waals surface area contributed by atoms with Gasteiger partial charge < -0.3 is 15.3 Å². The summed E-state index contributed by atoms with van der Waals surface area (Å²) in [6.07, 6.45) is -0.560. The molecule has 7 heteroatoms. The summed E-state index contributed by atoms with van der Waals surface area (Å²) in [5.74, 6) is -0.576. The molecule has 4 N–H and O–H groups in total. The highest BCUT2D eigenvalue weighted by molar-refractivity contribution is 7.85. The lowest BCUT2D eigenvalue weighted by molar-refractivity contribution is 0.110. The molecule has 12 heavy (non-hydrogen) atoms. The van der Waals surface area contributed by atoms with E-state index in [9.17, 15) is 8.42 Å². The third-order valence-corrected chi connectivity index (χ3v) is 1.31.